The summed E-state index contributed by atoms with van der Waals surface area (Å²) in [5.41, 5.74) is 7.04. The standard InChI is InChI=1S/C35H42N4O2/c1-8-32(29-16-12-10-13-17-29)33(30-18-14-11-15-19-30)35(38(6)25-40)39(9-2)34(37-26(3)24-36-5)27(4)28-20-22-31(41-7)23-21-28/h8,10-25,36-37H,9H2,1-7H3/b26-24+,32-8-,34-27+,35-33+. The summed E-state index contributed by atoms with van der Waals surface area (Å²) in [6.07, 6.45) is 4.90. The lowest BCUT2D eigenvalue weighted by Crippen LogP contribution is -2.38. The minimum absolute atomic E-state index is 0.596. The number of allylic oxidation sites excluding steroid dienone is 5. The Hall–Kier alpha value is -4.71. The number of nitrogens with zero attached hydrogens (tertiary/aromatic N) is 2. The molecule has 0 heterocycles. The average molecular weight is 551 g/mol. The summed E-state index contributed by atoms with van der Waals surface area (Å²) >= 11 is 0. The molecule has 0 radical (unpaired) electrons. The van der Waals surface area contributed by atoms with Crippen molar-refractivity contribution in [1.29, 1.82) is 0 Å². The topological polar surface area (TPSA) is 56.8 Å². The Kier molecular flexibility index (Phi) is 11.4. The largest absolute Gasteiger partial charge is 0.497 e. The van der Waals surface area contributed by atoms with Crippen LogP contribution in [0.25, 0.3) is 16.7 Å². The van der Waals surface area contributed by atoms with Crippen LogP contribution in [-0.4, -0.2) is 44.0 Å². The van der Waals surface area contributed by atoms with Crippen LogP contribution < -0.4 is 15.4 Å². The van der Waals surface area contributed by atoms with Crippen LogP contribution in [0, 0.1) is 0 Å². The van der Waals surface area contributed by atoms with Crippen LogP contribution in [0.1, 0.15) is 44.4 Å². The van der Waals surface area contributed by atoms with Crippen LogP contribution in [0.5, 0.6) is 5.75 Å². The fourth-order valence-corrected chi connectivity index (χ4v) is 4.83. The number of rotatable bonds is 13. The zero-order valence-corrected chi connectivity index (χ0v) is 25.2. The molecule has 0 saturated carbocycles. The third-order valence-electron chi connectivity index (χ3n) is 6.82. The number of benzene rings is 3. The molecule has 41 heavy (non-hydrogen) atoms. The van der Waals surface area contributed by atoms with Gasteiger partial charge in [0.1, 0.15) is 17.4 Å². The van der Waals surface area contributed by atoms with E-state index in [1.54, 1.807) is 12.0 Å². The molecule has 0 bridgehead atoms. The average Bonchev–Trinajstić information content (AvgIpc) is 3.02. The third kappa shape index (κ3) is 7.48. The molecule has 2 N–H and O–H groups in total. The molecule has 6 nitrogen and oxygen atoms in total. The molecule has 0 spiro atoms. The van der Waals surface area contributed by atoms with E-state index in [4.69, 9.17) is 4.74 Å². The molecule has 0 atom stereocenters. The minimum Gasteiger partial charge on any atom is -0.497 e. The summed E-state index contributed by atoms with van der Waals surface area (Å²) in [7, 11) is 5.35. The van der Waals surface area contributed by atoms with E-state index >= 15 is 0 Å². The molecule has 1 amide bonds. The highest BCUT2D eigenvalue weighted by atomic mass is 16.5. The number of methoxy groups -OCH3 is 1. The number of carbonyl (C=O) groups excluding carboxylic acids is 1. The number of amides is 1. The van der Waals surface area contributed by atoms with Crippen molar-refractivity contribution in [1.82, 2.24) is 20.4 Å². The molecule has 0 aliphatic rings. The number of carbonyl (C=O) groups is 1. The Balaban J connectivity index is 2.44. The SMILES string of the molecule is C/C=C(\C(=C(/N(C)C=O)N(CC)/C(N/C(C)=C/NC)=C(\C)c1ccc(OC)cc1)c1ccccc1)c1ccccc1. The quantitative estimate of drug-likeness (QED) is 0.178. The van der Waals surface area contributed by atoms with Crippen molar-refractivity contribution in [3.8, 4) is 5.75 Å². The van der Waals surface area contributed by atoms with Crippen LogP contribution in [-0.2, 0) is 4.79 Å². The monoisotopic (exact) mass is 550 g/mol. The lowest BCUT2D eigenvalue weighted by molar-refractivity contribution is -0.116. The molecular weight excluding hydrogens is 508 g/mol. The van der Waals surface area contributed by atoms with E-state index in [2.05, 4.69) is 59.7 Å². The molecule has 0 fully saturated rings. The Morgan fingerprint density at radius 1 is 0.878 bits per heavy atom. The number of hydrogen-bond acceptors (Lipinski definition) is 5. The van der Waals surface area contributed by atoms with Crippen molar-refractivity contribution in [2.75, 3.05) is 27.7 Å². The Bertz CT molecular complexity index is 1410. The summed E-state index contributed by atoms with van der Waals surface area (Å²) < 4.78 is 5.40. The maximum atomic E-state index is 12.6. The second-order valence-electron chi connectivity index (χ2n) is 9.54. The van der Waals surface area contributed by atoms with Crippen LogP contribution >= 0.6 is 0 Å². The first-order valence-electron chi connectivity index (χ1n) is 13.8. The molecule has 0 aliphatic carbocycles. The van der Waals surface area contributed by atoms with Crippen LogP contribution in [0.2, 0.25) is 0 Å². The fraction of sp³-hybridized carbons (Fsp3) is 0.229. The van der Waals surface area contributed by atoms with Crippen molar-refractivity contribution < 1.29 is 9.53 Å². The van der Waals surface area contributed by atoms with Crippen molar-refractivity contribution in [2.45, 2.75) is 27.7 Å². The third-order valence-corrected chi connectivity index (χ3v) is 6.82. The Labute approximate surface area is 245 Å². The van der Waals surface area contributed by atoms with Gasteiger partial charge >= 0.3 is 0 Å². The first-order valence-corrected chi connectivity index (χ1v) is 13.8. The molecule has 6 heteroatoms. The highest BCUT2D eigenvalue weighted by Gasteiger charge is 2.26. The molecule has 214 valence electrons. The van der Waals surface area contributed by atoms with Gasteiger partial charge in [-0.1, -0.05) is 78.9 Å². The molecule has 3 aromatic carbocycles. The van der Waals surface area contributed by atoms with E-state index in [1.807, 2.05) is 94.8 Å². The Morgan fingerprint density at radius 3 is 1.95 bits per heavy atom. The fourth-order valence-electron chi connectivity index (χ4n) is 4.83. The van der Waals surface area contributed by atoms with Crippen LogP contribution in [0.4, 0.5) is 0 Å². The Morgan fingerprint density at radius 2 is 1.46 bits per heavy atom. The van der Waals surface area contributed by atoms with Crippen LogP contribution in [0.15, 0.2) is 115 Å². The van der Waals surface area contributed by atoms with Gasteiger partial charge < -0.3 is 25.2 Å². The maximum Gasteiger partial charge on any atom is 0.215 e. The van der Waals surface area contributed by atoms with E-state index in [0.717, 1.165) is 62.9 Å². The van der Waals surface area contributed by atoms with Gasteiger partial charge in [-0.15, -0.1) is 0 Å². The van der Waals surface area contributed by atoms with Crippen molar-refractivity contribution in [2.24, 2.45) is 0 Å². The zero-order chi connectivity index (χ0) is 29.8. The van der Waals surface area contributed by atoms with Gasteiger partial charge in [0, 0.05) is 38.1 Å². The molecule has 0 aliphatic heterocycles. The number of ether oxygens (including phenoxy) is 1. The highest BCUT2D eigenvalue weighted by Crippen LogP contribution is 2.38. The van der Waals surface area contributed by atoms with Crippen molar-refractivity contribution in [3.05, 3.63) is 131 Å². The van der Waals surface area contributed by atoms with Crippen molar-refractivity contribution in [3.63, 3.8) is 0 Å². The summed E-state index contributed by atoms with van der Waals surface area (Å²) in [6, 6.07) is 28.5. The molecular formula is C35H42N4O2. The van der Waals surface area contributed by atoms with E-state index in [-0.39, 0.29) is 0 Å². The predicted molar refractivity (Wildman–Crippen MR) is 171 cm³/mol. The summed E-state index contributed by atoms with van der Waals surface area (Å²) in [5.74, 6) is 2.42. The normalized spacial score (nSPS) is 13.0. The molecule has 3 aromatic rings. The molecule has 0 saturated heterocycles. The first kappa shape index (κ1) is 30.8. The van der Waals surface area contributed by atoms with E-state index in [9.17, 15) is 4.79 Å². The van der Waals surface area contributed by atoms with Crippen LogP contribution in [0.3, 0.4) is 0 Å². The second-order valence-corrected chi connectivity index (χ2v) is 9.54. The lowest BCUT2D eigenvalue weighted by Gasteiger charge is -2.36. The smallest absolute Gasteiger partial charge is 0.215 e. The first-order chi connectivity index (χ1) is 19.9. The van der Waals surface area contributed by atoms with Gasteiger partial charge in [-0.05, 0) is 67.7 Å². The van der Waals surface area contributed by atoms with Gasteiger partial charge in [-0.3, -0.25) is 4.79 Å². The zero-order valence-electron chi connectivity index (χ0n) is 25.2. The van der Waals surface area contributed by atoms with Crippen molar-refractivity contribution >= 4 is 23.1 Å². The summed E-state index contributed by atoms with van der Waals surface area (Å²) in [6.45, 7) is 8.83. The van der Waals surface area contributed by atoms with E-state index in [0.29, 0.717) is 6.54 Å². The molecule has 0 aromatic heterocycles. The summed E-state index contributed by atoms with van der Waals surface area (Å²) in [4.78, 5) is 16.4. The minimum atomic E-state index is 0.596. The van der Waals surface area contributed by atoms with E-state index in [1.165, 1.54) is 0 Å². The van der Waals surface area contributed by atoms with Gasteiger partial charge in [0.25, 0.3) is 0 Å². The van der Waals surface area contributed by atoms with Gasteiger partial charge in [-0.2, -0.15) is 0 Å². The molecule has 3 rings (SSSR count). The summed E-state index contributed by atoms with van der Waals surface area (Å²) in [5, 5.41) is 6.75. The predicted octanol–water partition coefficient (Wildman–Crippen LogP) is 6.94. The van der Waals surface area contributed by atoms with Gasteiger partial charge in [-0.25, -0.2) is 0 Å². The van der Waals surface area contributed by atoms with Gasteiger partial charge in [0.15, 0.2) is 0 Å². The number of nitrogens with one attached hydrogen (secondary N) is 2. The molecule has 0 unspecified atom stereocenters. The van der Waals surface area contributed by atoms with Gasteiger partial charge in [0.2, 0.25) is 6.41 Å². The van der Waals surface area contributed by atoms with E-state index < -0.39 is 0 Å². The number of hydrogen-bond donors (Lipinski definition) is 2. The highest BCUT2D eigenvalue weighted by molar-refractivity contribution is 6.06. The van der Waals surface area contributed by atoms with Gasteiger partial charge in [0.05, 0.1) is 7.11 Å². The second kappa shape index (κ2) is 15.2. The lowest BCUT2D eigenvalue weighted by atomic mass is 9.91. The maximum absolute atomic E-state index is 12.6.